The van der Waals surface area contributed by atoms with Crippen LogP contribution in [0.2, 0.25) is 0 Å². The molecule has 1 rings (SSSR count). The zero-order valence-electron chi connectivity index (χ0n) is 7.31. The summed E-state index contributed by atoms with van der Waals surface area (Å²) in [4.78, 5) is 11.1. The van der Waals surface area contributed by atoms with Gasteiger partial charge in [0.25, 0.3) is 0 Å². The maximum absolute atomic E-state index is 11.1. The number of carbonyl (C=O) groups excluding carboxylic acids is 1. The fourth-order valence-corrected chi connectivity index (χ4v) is 1.28. The van der Waals surface area contributed by atoms with E-state index >= 15 is 0 Å². The van der Waals surface area contributed by atoms with Crippen molar-refractivity contribution in [2.24, 2.45) is 0 Å². The van der Waals surface area contributed by atoms with Gasteiger partial charge in [0.15, 0.2) is 0 Å². The lowest BCUT2D eigenvalue weighted by Crippen LogP contribution is -2.43. The number of hydrogen-bond acceptors (Lipinski definition) is 3. The quantitative estimate of drug-likeness (QED) is 0.612. The number of nitrogens with one attached hydrogen (secondary N) is 1. The molecule has 1 aliphatic carbocycles. The highest BCUT2D eigenvalue weighted by molar-refractivity contribution is 5.84. The van der Waals surface area contributed by atoms with E-state index < -0.39 is 0 Å². The van der Waals surface area contributed by atoms with Crippen LogP contribution in [0.1, 0.15) is 26.7 Å². The van der Waals surface area contributed by atoms with Crippen LogP contribution in [0.4, 0.5) is 0 Å². The Balaban J connectivity index is 2.47. The molecule has 3 heteroatoms. The smallest absolute Gasteiger partial charge is 0.326 e. The maximum atomic E-state index is 11.1. The lowest BCUT2D eigenvalue weighted by Gasteiger charge is -2.17. The van der Waals surface area contributed by atoms with E-state index in [1.165, 1.54) is 7.11 Å². The van der Waals surface area contributed by atoms with Crippen LogP contribution < -0.4 is 5.32 Å². The number of ether oxygens (including phenoxy) is 1. The molecule has 0 aromatic carbocycles. The molecule has 0 unspecified atom stereocenters. The van der Waals surface area contributed by atoms with Crippen LogP contribution in [0.5, 0.6) is 0 Å². The molecule has 1 fully saturated rings. The van der Waals surface area contributed by atoms with Crippen LogP contribution in [-0.2, 0) is 9.53 Å². The van der Waals surface area contributed by atoms with Crippen LogP contribution in [0.3, 0.4) is 0 Å². The first-order valence-electron chi connectivity index (χ1n) is 3.97. The highest BCUT2D eigenvalue weighted by Crippen LogP contribution is 2.36. The van der Waals surface area contributed by atoms with Crippen molar-refractivity contribution in [2.75, 3.05) is 7.11 Å². The van der Waals surface area contributed by atoms with Crippen molar-refractivity contribution in [2.45, 2.75) is 38.3 Å². The molecule has 0 aromatic heterocycles. The molecule has 0 radical (unpaired) electrons. The molecule has 0 aromatic rings. The predicted octanol–water partition coefficient (Wildman–Crippen LogP) is 0.690. The molecule has 11 heavy (non-hydrogen) atoms. The molecule has 1 saturated carbocycles. The minimum Gasteiger partial charge on any atom is -0.468 e. The van der Waals surface area contributed by atoms with Gasteiger partial charge in [-0.2, -0.15) is 0 Å². The van der Waals surface area contributed by atoms with Crippen LogP contribution >= 0.6 is 0 Å². The third-order valence-corrected chi connectivity index (χ3v) is 1.89. The highest BCUT2D eigenvalue weighted by Gasteiger charge is 2.51. The average Bonchev–Trinajstić information content (AvgIpc) is 2.67. The van der Waals surface area contributed by atoms with Gasteiger partial charge in [0.1, 0.15) is 5.54 Å². The van der Waals surface area contributed by atoms with E-state index in [0.717, 1.165) is 12.8 Å². The Morgan fingerprint density at radius 3 is 2.36 bits per heavy atom. The van der Waals surface area contributed by atoms with Crippen LogP contribution in [0.15, 0.2) is 0 Å². The summed E-state index contributed by atoms with van der Waals surface area (Å²) in [5.74, 6) is -0.119. The fraction of sp³-hybridized carbons (Fsp3) is 0.875. The van der Waals surface area contributed by atoms with Gasteiger partial charge in [0.05, 0.1) is 7.11 Å². The van der Waals surface area contributed by atoms with Crippen molar-refractivity contribution in [3.05, 3.63) is 0 Å². The van der Waals surface area contributed by atoms with Crippen molar-refractivity contribution in [1.29, 1.82) is 0 Å². The molecule has 64 valence electrons. The van der Waals surface area contributed by atoms with Gasteiger partial charge in [-0.05, 0) is 26.7 Å². The van der Waals surface area contributed by atoms with Crippen LogP contribution in [0.25, 0.3) is 0 Å². The summed E-state index contributed by atoms with van der Waals surface area (Å²) >= 11 is 0. The van der Waals surface area contributed by atoms with E-state index in [4.69, 9.17) is 0 Å². The molecule has 0 saturated heterocycles. The Hall–Kier alpha value is -0.570. The summed E-state index contributed by atoms with van der Waals surface area (Å²) in [5.41, 5.74) is -0.330. The van der Waals surface area contributed by atoms with E-state index in [1.54, 1.807) is 0 Å². The lowest BCUT2D eigenvalue weighted by molar-refractivity contribution is -0.144. The van der Waals surface area contributed by atoms with Gasteiger partial charge >= 0.3 is 5.97 Å². The third kappa shape index (κ3) is 1.71. The number of esters is 1. The lowest BCUT2D eigenvalue weighted by atomic mass is 10.2. The molecule has 0 amide bonds. The average molecular weight is 157 g/mol. The van der Waals surface area contributed by atoms with Gasteiger partial charge in [0.2, 0.25) is 0 Å². The Labute approximate surface area is 67.1 Å². The van der Waals surface area contributed by atoms with Gasteiger partial charge in [-0.1, -0.05) is 0 Å². The Morgan fingerprint density at radius 2 is 2.09 bits per heavy atom. The second-order valence-corrected chi connectivity index (χ2v) is 3.37. The van der Waals surface area contributed by atoms with Gasteiger partial charge in [-0.15, -0.1) is 0 Å². The van der Waals surface area contributed by atoms with E-state index in [1.807, 2.05) is 13.8 Å². The molecular formula is C8H15NO2. The standard InChI is InChI=1S/C8H15NO2/c1-6(2)9-8(4-5-8)7(10)11-3/h6,9H,4-5H2,1-3H3. The number of rotatable bonds is 3. The first-order valence-corrected chi connectivity index (χ1v) is 3.97. The Kier molecular flexibility index (Phi) is 2.18. The first kappa shape index (κ1) is 8.53. The topological polar surface area (TPSA) is 38.3 Å². The zero-order chi connectivity index (χ0) is 8.48. The molecular weight excluding hydrogens is 142 g/mol. The molecule has 0 atom stereocenters. The SMILES string of the molecule is COC(=O)C1(NC(C)C)CC1. The molecule has 3 nitrogen and oxygen atoms in total. The van der Waals surface area contributed by atoms with Crippen LogP contribution in [0, 0.1) is 0 Å². The second-order valence-electron chi connectivity index (χ2n) is 3.37. The van der Waals surface area contributed by atoms with Crippen molar-refractivity contribution in [3.8, 4) is 0 Å². The van der Waals surface area contributed by atoms with Gasteiger partial charge < -0.3 is 4.74 Å². The molecule has 1 N–H and O–H groups in total. The molecule has 0 aliphatic heterocycles. The number of methoxy groups -OCH3 is 1. The van der Waals surface area contributed by atoms with Gasteiger partial charge in [0, 0.05) is 6.04 Å². The summed E-state index contributed by atoms with van der Waals surface area (Å²) in [5, 5.41) is 3.21. The first-order chi connectivity index (χ1) is 5.10. The normalized spacial score (nSPS) is 20.0. The Morgan fingerprint density at radius 1 is 1.55 bits per heavy atom. The van der Waals surface area contributed by atoms with E-state index in [0.29, 0.717) is 6.04 Å². The monoisotopic (exact) mass is 157 g/mol. The molecule has 1 aliphatic rings. The minimum atomic E-state index is -0.330. The summed E-state index contributed by atoms with van der Waals surface area (Å²) in [6.45, 7) is 4.06. The maximum Gasteiger partial charge on any atom is 0.326 e. The van der Waals surface area contributed by atoms with Gasteiger partial charge in [-0.25, -0.2) is 0 Å². The van der Waals surface area contributed by atoms with Crippen molar-refractivity contribution in [1.82, 2.24) is 5.32 Å². The number of hydrogen-bond donors (Lipinski definition) is 1. The second kappa shape index (κ2) is 2.81. The van der Waals surface area contributed by atoms with E-state index in [2.05, 4.69) is 10.1 Å². The molecule has 0 bridgehead atoms. The van der Waals surface area contributed by atoms with Crippen molar-refractivity contribution >= 4 is 5.97 Å². The fourth-order valence-electron chi connectivity index (χ4n) is 1.28. The van der Waals surface area contributed by atoms with Gasteiger partial charge in [-0.3, -0.25) is 10.1 Å². The summed E-state index contributed by atoms with van der Waals surface area (Å²) < 4.78 is 4.68. The van der Waals surface area contributed by atoms with E-state index in [9.17, 15) is 4.79 Å². The Bertz CT molecular complexity index is 161. The molecule has 0 spiro atoms. The van der Waals surface area contributed by atoms with Crippen molar-refractivity contribution in [3.63, 3.8) is 0 Å². The highest BCUT2D eigenvalue weighted by atomic mass is 16.5. The summed E-state index contributed by atoms with van der Waals surface area (Å²) in [7, 11) is 1.43. The minimum absolute atomic E-state index is 0.119. The largest absolute Gasteiger partial charge is 0.468 e. The number of carbonyl (C=O) groups is 1. The van der Waals surface area contributed by atoms with Crippen molar-refractivity contribution < 1.29 is 9.53 Å². The van der Waals surface area contributed by atoms with Crippen LogP contribution in [-0.4, -0.2) is 24.7 Å². The zero-order valence-corrected chi connectivity index (χ0v) is 7.31. The summed E-state index contributed by atoms with van der Waals surface area (Å²) in [6.07, 6.45) is 1.83. The third-order valence-electron chi connectivity index (χ3n) is 1.89. The predicted molar refractivity (Wildman–Crippen MR) is 42.3 cm³/mol. The summed E-state index contributed by atoms with van der Waals surface area (Å²) in [6, 6.07) is 0.344. The molecule has 0 heterocycles. The van der Waals surface area contributed by atoms with E-state index in [-0.39, 0.29) is 11.5 Å².